The Morgan fingerprint density at radius 2 is 2.12 bits per heavy atom. The first-order valence-corrected chi connectivity index (χ1v) is 6.61. The molecule has 1 fully saturated rings. The van der Waals surface area contributed by atoms with Crippen LogP contribution in [-0.4, -0.2) is 13.6 Å². The van der Waals surface area contributed by atoms with Crippen LogP contribution in [0, 0.1) is 0 Å². The van der Waals surface area contributed by atoms with E-state index in [0.717, 1.165) is 29.5 Å². The molecule has 1 aromatic rings. The smallest absolute Gasteiger partial charge is 0.125 e. The van der Waals surface area contributed by atoms with Crippen LogP contribution in [0.15, 0.2) is 10.5 Å². The molecule has 16 heavy (non-hydrogen) atoms. The predicted octanol–water partition coefficient (Wildman–Crippen LogP) is 3.74. The van der Waals surface area contributed by atoms with E-state index in [9.17, 15) is 0 Å². The summed E-state index contributed by atoms with van der Waals surface area (Å²) >= 11 is 6.24. The Kier molecular flexibility index (Phi) is 4.30. The molecule has 0 atom stereocenters. The largest absolute Gasteiger partial charge is 0.464 e. The number of nitrogens with one attached hydrogen (secondary N) is 1. The third-order valence-electron chi connectivity index (χ3n) is 3.36. The van der Waals surface area contributed by atoms with Gasteiger partial charge in [-0.15, -0.1) is 0 Å². The van der Waals surface area contributed by atoms with E-state index in [4.69, 9.17) is 16.0 Å². The van der Waals surface area contributed by atoms with Gasteiger partial charge in [-0.3, -0.25) is 0 Å². The van der Waals surface area contributed by atoms with Crippen molar-refractivity contribution < 1.29 is 4.42 Å². The van der Waals surface area contributed by atoms with Gasteiger partial charge in [0, 0.05) is 18.9 Å². The predicted molar refractivity (Wildman–Crippen MR) is 67.2 cm³/mol. The molecule has 1 heterocycles. The molecule has 1 aliphatic carbocycles. The van der Waals surface area contributed by atoms with Crippen molar-refractivity contribution in [3.8, 4) is 0 Å². The van der Waals surface area contributed by atoms with Crippen LogP contribution in [0.3, 0.4) is 0 Å². The van der Waals surface area contributed by atoms with Crippen molar-refractivity contribution in [3.63, 3.8) is 0 Å². The van der Waals surface area contributed by atoms with Gasteiger partial charge in [0.15, 0.2) is 0 Å². The van der Waals surface area contributed by atoms with Gasteiger partial charge in [0.1, 0.15) is 11.5 Å². The van der Waals surface area contributed by atoms with Crippen molar-refractivity contribution in [2.45, 2.75) is 44.4 Å². The van der Waals surface area contributed by atoms with Crippen LogP contribution >= 0.6 is 11.6 Å². The third-order valence-corrected chi connectivity index (χ3v) is 3.66. The number of hydrogen-bond acceptors (Lipinski definition) is 2. The Hall–Kier alpha value is -0.470. The lowest BCUT2D eigenvalue weighted by molar-refractivity contribution is 0.361. The molecular weight excluding hydrogens is 222 g/mol. The van der Waals surface area contributed by atoms with Crippen molar-refractivity contribution in [2.75, 3.05) is 13.6 Å². The first-order chi connectivity index (χ1) is 7.81. The van der Waals surface area contributed by atoms with Gasteiger partial charge in [0.25, 0.3) is 0 Å². The molecule has 1 aromatic heterocycles. The Bertz CT molecular complexity index is 329. The zero-order valence-electron chi connectivity index (χ0n) is 9.89. The number of likely N-dealkylation sites (N-methyl/N-ethyl adjacent to an activating group) is 1. The average Bonchev–Trinajstić information content (AvgIpc) is 2.69. The summed E-state index contributed by atoms with van der Waals surface area (Å²) in [6.45, 7) is 0.938. The standard InChI is InChI=1S/C13H20ClNO/c1-15-8-7-11-9-12(14)13(16-11)10-5-3-2-4-6-10/h9-10,15H,2-8H2,1H3. The summed E-state index contributed by atoms with van der Waals surface area (Å²) in [4.78, 5) is 0. The van der Waals surface area contributed by atoms with Crippen LogP contribution < -0.4 is 5.32 Å². The average molecular weight is 242 g/mol. The molecule has 3 heteroatoms. The molecule has 0 aromatic carbocycles. The number of hydrogen-bond donors (Lipinski definition) is 1. The number of halogens is 1. The van der Waals surface area contributed by atoms with Crippen molar-refractivity contribution in [3.05, 3.63) is 22.6 Å². The Morgan fingerprint density at radius 3 is 2.81 bits per heavy atom. The van der Waals surface area contributed by atoms with Gasteiger partial charge in [0.05, 0.1) is 5.02 Å². The molecule has 2 nitrogen and oxygen atoms in total. The first-order valence-electron chi connectivity index (χ1n) is 6.24. The molecule has 0 spiro atoms. The van der Waals surface area contributed by atoms with Gasteiger partial charge in [-0.25, -0.2) is 0 Å². The molecule has 90 valence electrons. The molecular formula is C13H20ClNO. The molecule has 1 N–H and O–H groups in total. The molecule has 0 saturated heterocycles. The minimum Gasteiger partial charge on any atom is -0.464 e. The summed E-state index contributed by atoms with van der Waals surface area (Å²) in [7, 11) is 1.95. The van der Waals surface area contributed by atoms with Crippen molar-refractivity contribution in [2.24, 2.45) is 0 Å². The molecule has 2 rings (SSSR count). The second kappa shape index (κ2) is 5.74. The highest BCUT2D eigenvalue weighted by atomic mass is 35.5. The van der Waals surface area contributed by atoms with E-state index < -0.39 is 0 Å². The van der Waals surface area contributed by atoms with Crippen molar-refractivity contribution >= 4 is 11.6 Å². The summed E-state index contributed by atoms with van der Waals surface area (Å²) < 4.78 is 5.88. The Labute approximate surface area is 102 Å². The van der Waals surface area contributed by atoms with Crippen LogP contribution in [0.25, 0.3) is 0 Å². The summed E-state index contributed by atoms with van der Waals surface area (Å²) in [6, 6.07) is 1.99. The SMILES string of the molecule is CNCCc1cc(Cl)c(C2CCCCC2)o1. The minimum atomic E-state index is 0.560. The van der Waals surface area contributed by atoms with Gasteiger partial charge in [-0.1, -0.05) is 30.9 Å². The molecule has 0 aliphatic heterocycles. The molecule has 1 aliphatic rings. The van der Waals surface area contributed by atoms with E-state index in [1.54, 1.807) is 0 Å². The monoisotopic (exact) mass is 241 g/mol. The lowest BCUT2D eigenvalue weighted by Crippen LogP contribution is -2.09. The van der Waals surface area contributed by atoms with E-state index in [2.05, 4.69) is 5.32 Å². The van der Waals surface area contributed by atoms with Gasteiger partial charge in [-0.05, 0) is 26.0 Å². The van der Waals surface area contributed by atoms with Gasteiger partial charge < -0.3 is 9.73 Å². The van der Waals surface area contributed by atoms with E-state index in [0.29, 0.717) is 5.92 Å². The lowest BCUT2D eigenvalue weighted by atomic mass is 9.87. The van der Waals surface area contributed by atoms with Crippen LogP contribution in [0.5, 0.6) is 0 Å². The highest BCUT2D eigenvalue weighted by molar-refractivity contribution is 6.31. The van der Waals surface area contributed by atoms with Crippen LogP contribution in [0.2, 0.25) is 5.02 Å². The molecule has 0 amide bonds. The normalized spacial score (nSPS) is 17.9. The lowest BCUT2D eigenvalue weighted by Gasteiger charge is -2.19. The first kappa shape index (κ1) is 12.0. The van der Waals surface area contributed by atoms with Crippen LogP contribution in [0.1, 0.15) is 49.5 Å². The zero-order valence-corrected chi connectivity index (χ0v) is 10.6. The molecule has 0 bridgehead atoms. The van der Waals surface area contributed by atoms with E-state index in [-0.39, 0.29) is 0 Å². The molecule has 0 unspecified atom stereocenters. The maximum absolute atomic E-state index is 6.24. The highest BCUT2D eigenvalue weighted by Crippen LogP contribution is 2.37. The van der Waals surface area contributed by atoms with E-state index in [1.165, 1.54) is 32.1 Å². The molecule has 1 saturated carbocycles. The quantitative estimate of drug-likeness (QED) is 0.869. The molecule has 0 radical (unpaired) electrons. The summed E-state index contributed by atoms with van der Waals surface area (Å²) in [6.07, 6.45) is 7.38. The van der Waals surface area contributed by atoms with Crippen molar-refractivity contribution in [1.82, 2.24) is 5.32 Å². The fourth-order valence-corrected chi connectivity index (χ4v) is 2.76. The van der Waals surface area contributed by atoms with Crippen LogP contribution in [-0.2, 0) is 6.42 Å². The fourth-order valence-electron chi connectivity index (χ4n) is 2.45. The maximum atomic E-state index is 6.24. The Morgan fingerprint density at radius 1 is 1.38 bits per heavy atom. The summed E-state index contributed by atoms with van der Waals surface area (Å²) in [5.41, 5.74) is 0. The van der Waals surface area contributed by atoms with Gasteiger partial charge in [0.2, 0.25) is 0 Å². The topological polar surface area (TPSA) is 25.2 Å². The third kappa shape index (κ3) is 2.80. The zero-order chi connectivity index (χ0) is 11.4. The second-order valence-electron chi connectivity index (χ2n) is 4.61. The summed E-state index contributed by atoms with van der Waals surface area (Å²) in [5, 5.41) is 3.95. The second-order valence-corrected chi connectivity index (χ2v) is 5.02. The number of rotatable bonds is 4. The van der Waals surface area contributed by atoms with Gasteiger partial charge in [-0.2, -0.15) is 0 Å². The van der Waals surface area contributed by atoms with E-state index >= 15 is 0 Å². The van der Waals surface area contributed by atoms with E-state index in [1.807, 2.05) is 13.1 Å². The number of furan rings is 1. The Balaban J connectivity index is 2.04. The maximum Gasteiger partial charge on any atom is 0.125 e. The minimum absolute atomic E-state index is 0.560. The van der Waals surface area contributed by atoms with Crippen molar-refractivity contribution in [1.29, 1.82) is 0 Å². The summed E-state index contributed by atoms with van der Waals surface area (Å²) in [5.74, 6) is 2.61. The fraction of sp³-hybridized carbons (Fsp3) is 0.692. The van der Waals surface area contributed by atoms with Crippen LogP contribution in [0.4, 0.5) is 0 Å². The highest BCUT2D eigenvalue weighted by Gasteiger charge is 2.22. The van der Waals surface area contributed by atoms with Gasteiger partial charge >= 0.3 is 0 Å².